The fourth-order valence-electron chi connectivity index (χ4n) is 1.91. The molecule has 4 heteroatoms. The van der Waals surface area contributed by atoms with Gasteiger partial charge in [0.15, 0.2) is 5.13 Å². The highest BCUT2D eigenvalue weighted by Crippen LogP contribution is 2.28. The Labute approximate surface area is 121 Å². The maximum atomic E-state index is 5.73. The molecule has 0 aliphatic heterocycles. The second-order valence-corrected chi connectivity index (χ2v) is 5.66. The standard InChI is InChI=1S/C15H13ClN2S/c16-10-9-11-5-7-12(8-6-11)17-15-18-13-3-1-2-4-14(13)19-15/h1-8H,9-10H2,(H,17,18). The maximum absolute atomic E-state index is 5.73. The minimum absolute atomic E-state index is 0.657. The minimum atomic E-state index is 0.657. The van der Waals surface area contributed by atoms with E-state index in [1.54, 1.807) is 11.3 Å². The molecule has 3 aromatic rings. The van der Waals surface area contributed by atoms with Gasteiger partial charge in [-0.1, -0.05) is 35.6 Å². The molecule has 0 fully saturated rings. The van der Waals surface area contributed by atoms with E-state index in [0.717, 1.165) is 22.8 Å². The van der Waals surface area contributed by atoms with Crippen molar-refractivity contribution in [1.29, 1.82) is 0 Å². The van der Waals surface area contributed by atoms with Crippen LogP contribution in [0.2, 0.25) is 0 Å². The summed E-state index contributed by atoms with van der Waals surface area (Å²) in [6.07, 6.45) is 0.906. The molecule has 0 amide bonds. The molecule has 96 valence electrons. The van der Waals surface area contributed by atoms with Gasteiger partial charge in [-0.2, -0.15) is 0 Å². The zero-order valence-corrected chi connectivity index (χ0v) is 11.8. The second kappa shape index (κ2) is 5.59. The van der Waals surface area contributed by atoms with Gasteiger partial charge in [-0.05, 0) is 36.2 Å². The predicted molar refractivity (Wildman–Crippen MR) is 83.8 cm³/mol. The molecule has 0 aliphatic rings. The number of anilines is 2. The van der Waals surface area contributed by atoms with E-state index in [1.807, 2.05) is 18.2 Å². The first-order valence-electron chi connectivity index (χ1n) is 6.12. The van der Waals surface area contributed by atoms with Gasteiger partial charge in [-0.3, -0.25) is 0 Å². The summed E-state index contributed by atoms with van der Waals surface area (Å²) < 4.78 is 1.20. The first kappa shape index (κ1) is 12.5. The largest absolute Gasteiger partial charge is 0.332 e. The van der Waals surface area contributed by atoms with E-state index in [4.69, 9.17) is 11.6 Å². The van der Waals surface area contributed by atoms with Crippen molar-refractivity contribution < 1.29 is 0 Å². The number of thiazole rings is 1. The average molecular weight is 289 g/mol. The van der Waals surface area contributed by atoms with Crippen molar-refractivity contribution in [2.75, 3.05) is 11.2 Å². The molecule has 0 aliphatic carbocycles. The van der Waals surface area contributed by atoms with Crippen LogP contribution in [0.4, 0.5) is 10.8 Å². The van der Waals surface area contributed by atoms with Crippen LogP contribution in [-0.2, 0) is 6.42 Å². The van der Waals surface area contributed by atoms with Crippen LogP contribution in [0.15, 0.2) is 48.5 Å². The lowest BCUT2D eigenvalue weighted by Crippen LogP contribution is -1.90. The molecule has 19 heavy (non-hydrogen) atoms. The van der Waals surface area contributed by atoms with Crippen LogP contribution < -0.4 is 5.32 Å². The predicted octanol–water partition coefficient (Wildman–Crippen LogP) is 4.82. The normalized spacial score (nSPS) is 10.8. The quantitative estimate of drug-likeness (QED) is 0.696. The fraction of sp³-hybridized carbons (Fsp3) is 0.133. The van der Waals surface area contributed by atoms with Crippen molar-refractivity contribution in [3.8, 4) is 0 Å². The first-order chi connectivity index (χ1) is 9.35. The molecule has 0 unspecified atom stereocenters. The van der Waals surface area contributed by atoms with Crippen molar-refractivity contribution in [1.82, 2.24) is 4.98 Å². The smallest absolute Gasteiger partial charge is 0.188 e. The number of aryl methyl sites for hydroxylation is 1. The molecular weight excluding hydrogens is 276 g/mol. The summed E-state index contributed by atoms with van der Waals surface area (Å²) in [6, 6.07) is 16.5. The van der Waals surface area contributed by atoms with Crippen LogP contribution in [0.5, 0.6) is 0 Å². The van der Waals surface area contributed by atoms with E-state index in [1.165, 1.54) is 10.3 Å². The number of alkyl halides is 1. The van der Waals surface area contributed by atoms with Gasteiger partial charge in [0.25, 0.3) is 0 Å². The summed E-state index contributed by atoms with van der Waals surface area (Å²) in [5, 5.41) is 4.26. The Balaban J connectivity index is 1.80. The fourth-order valence-corrected chi connectivity index (χ4v) is 3.02. The van der Waals surface area contributed by atoms with Crippen LogP contribution in [0.25, 0.3) is 10.2 Å². The van der Waals surface area contributed by atoms with Gasteiger partial charge >= 0.3 is 0 Å². The Hall–Kier alpha value is -1.58. The number of aromatic nitrogens is 1. The molecule has 2 aromatic carbocycles. The van der Waals surface area contributed by atoms with Gasteiger partial charge in [0.05, 0.1) is 10.2 Å². The van der Waals surface area contributed by atoms with Crippen LogP contribution in [0.3, 0.4) is 0 Å². The number of benzene rings is 2. The first-order valence-corrected chi connectivity index (χ1v) is 7.48. The topological polar surface area (TPSA) is 24.9 Å². The second-order valence-electron chi connectivity index (χ2n) is 4.25. The van der Waals surface area contributed by atoms with E-state index >= 15 is 0 Å². The lowest BCUT2D eigenvalue weighted by Gasteiger charge is -2.03. The molecule has 0 bridgehead atoms. The van der Waals surface area contributed by atoms with Gasteiger partial charge in [0.1, 0.15) is 0 Å². The highest BCUT2D eigenvalue weighted by Gasteiger charge is 2.03. The number of hydrogen-bond donors (Lipinski definition) is 1. The molecular formula is C15H13ClN2S. The zero-order valence-electron chi connectivity index (χ0n) is 10.3. The summed E-state index contributed by atoms with van der Waals surface area (Å²) >= 11 is 7.39. The highest BCUT2D eigenvalue weighted by molar-refractivity contribution is 7.22. The number of para-hydroxylation sites is 1. The minimum Gasteiger partial charge on any atom is -0.332 e. The summed E-state index contributed by atoms with van der Waals surface area (Å²) in [5.41, 5.74) is 3.34. The van der Waals surface area contributed by atoms with Crippen molar-refractivity contribution in [2.24, 2.45) is 0 Å². The van der Waals surface area contributed by atoms with E-state index in [2.05, 4.69) is 40.6 Å². The van der Waals surface area contributed by atoms with E-state index < -0.39 is 0 Å². The van der Waals surface area contributed by atoms with Gasteiger partial charge in [0.2, 0.25) is 0 Å². The molecule has 0 saturated carbocycles. The number of fused-ring (bicyclic) bond motifs is 1. The third-order valence-electron chi connectivity index (χ3n) is 2.88. The zero-order chi connectivity index (χ0) is 13.1. The van der Waals surface area contributed by atoms with Crippen LogP contribution in [0, 0.1) is 0 Å². The summed E-state index contributed by atoms with van der Waals surface area (Å²) in [6.45, 7) is 0. The summed E-state index contributed by atoms with van der Waals surface area (Å²) in [5.74, 6) is 0.657. The monoisotopic (exact) mass is 288 g/mol. The van der Waals surface area contributed by atoms with Crippen LogP contribution in [-0.4, -0.2) is 10.9 Å². The molecule has 2 nitrogen and oxygen atoms in total. The number of nitrogens with zero attached hydrogens (tertiary/aromatic N) is 1. The molecule has 1 heterocycles. The number of hydrogen-bond acceptors (Lipinski definition) is 3. The Bertz CT molecular complexity index is 643. The Morgan fingerprint density at radius 1 is 1.05 bits per heavy atom. The molecule has 0 spiro atoms. The van der Waals surface area contributed by atoms with Crippen molar-refractivity contribution in [3.63, 3.8) is 0 Å². The lowest BCUT2D eigenvalue weighted by atomic mass is 10.1. The highest BCUT2D eigenvalue weighted by atomic mass is 35.5. The van der Waals surface area contributed by atoms with Gasteiger partial charge in [-0.15, -0.1) is 11.6 Å². The summed E-state index contributed by atoms with van der Waals surface area (Å²) in [7, 11) is 0. The third-order valence-corrected chi connectivity index (χ3v) is 4.02. The number of rotatable bonds is 4. The molecule has 0 saturated heterocycles. The lowest BCUT2D eigenvalue weighted by molar-refractivity contribution is 1.15. The van der Waals surface area contributed by atoms with Gasteiger partial charge in [-0.25, -0.2) is 4.98 Å². The van der Waals surface area contributed by atoms with E-state index in [9.17, 15) is 0 Å². The average Bonchev–Trinajstić information content (AvgIpc) is 2.83. The van der Waals surface area contributed by atoms with Crippen LogP contribution in [0.1, 0.15) is 5.56 Å². The molecule has 1 N–H and O–H groups in total. The van der Waals surface area contributed by atoms with Crippen LogP contribution >= 0.6 is 22.9 Å². The Morgan fingerprint density at radius 3 is 2.58 bits per heavy atom. The molecule has 3 rings (SSSR count). The summed E-state index contributed by atoms with van der Waals surface area (Å²) in [4.78, 5) is 4.55. The van der Waals surface area contributed by atoms with Crippen molar-refractivity contribution in [2.45, 2.75) is 6.42 Å². The molecule has 0 atom stereocenters. The van der Waals surface area contributed by atoms with Gasteiger partial charge < -0.3 is 5.32 Å². The SMILES string of the molecule is ClCCc1ccc(Nc2nc3ccccc3s2)cc1. The molecule has 1 aromatic heterocycles. The van der Waals surface area contributed by atoms with Crippen molar-refractivity contribution in [3.05, 3.63) is 54.1 Å². The Morgan fingerprint density at radius 2 is 1.84 bits per heavy atom. The Kier molecular flexibility index (Phi) is 3.67. The third kappa shape index (κ3) is 2.88. The molecule has 0 radical (unpaired) electrons. The maximum Gasteiger partial charge on any atom is 0.188 e. The van der Waals surface area contributed by atoms with Crippen molar-refractivity contribution >= 4 is 44.0 Å². The van der Waals surface area contributed by atoms with E-state index in [-0.39, 0.29) is 0 Å². The van der Waals surface area contributed by atoms with Gasteiger partial charge in [0, 0.05) is 11.6 Å². The number of halogens is 1. The van der Waals surface area contributed by atoms with E-state index in [0.29, 0.717) is 5.88 Å². The number of nitrogens with one attached hydrogen (secondary N) is 1.